The fourth-order valence-electron chi connectivity index (χ4n) is 2.30. The maximum Gasteiger partial charge on any atom is 0.214 e. The van der Waals surface area contributed by atoms with Crippen LogP contribution < -0.4 is 10.3 Å². The van der Waals surface area contributed by atoms with Gasteiger partial charge in [-0.05, 0) is 16.8 Å². The number of anilines is 1. The molecule has 88 valence electrons. The number of hydrogen-bond donors (Lipinski definition) is 1. The quantitative estimate of drug-likeness (QED) is 0.646. The summed E-state index contributed by atoms with van der Waals surface area (Å²) in [5, 5.41) is 2.50. The molecule has 1 heterocycles. The molecule has 0 saturated carbocycles. The van der Waals surface area contributed by atoms with Crippen molar-refractivity contribution in [3.8, 4) is 11.3 Å². The molecule has 18 heavy (non-hydrogen) atoms. The number of nitrogens with two attached hydrogens (primary N) is 1. The van der Waals surface area contributed by atoms with E-state index in [0.29, 0.717) is 0 Å². The van der Waals surface area contributed by atoms with E-state index in [1.807, 2.05) is 25.4 Å². The van der Waals surface area contributed by atoms with Crippen LogP contribution in [-0.2, 0) is 7.05 Å². The van der Waals surface area contributed by atoms with Crippen molar-refractivity contribution in [3.05, 3.63) is 60.8 Å². The van der Waals surface area contributed by atoms with E-state index in [9.17, 15) is 0 Å². The topological polar surface area (TPSA) is 29.9 Å². The number of rotatable bonds is 1. The molecule has 0 aliphatic heterocycles. The van der Waals surface area contributed by atoms with Gasteiger partial charge in [0.2, 0.25) is 5.69 Å². The molecule has 0 fully saturated rings. The Hall–Kier alpha value is -2.35. The van der Waals surface area contributed by atoms with Gasteiger partial charge in [0.05, 0.1) is 5.56 Å². The normalized spacial score (nSPS) is 10.7. The first-order chi connectivity index (χ1) is 8.75. The molecule has 0 bridgehead atoms. The Morgan fingerprint density at radius 3 is 2.61 bits per heavy atom. The van der Waals surface area contributed by atoms with Gasteiger partial charge in [-0.25, -0.2) is 4.57 Å². The van der Waals surface area contributed by atoms with Crippen LogP contribution in [0.2, 0.25) is 0 Å². The second-order valence-electron chi connectivity index (χ2n) is 4.48. The number of aromatic nitrogens is 1. The highest BCUT2D eigenvalue weighted by atomic mass is 14.9. The number of nitrogens with zero attached hydrogens (tertiary/aromatic N) is 1. The van der Waals surface area contributed by atoms with E-state index in [-0.39, 0.29) is 0 Å². The molecule has 3 aromatic rings. The Morgan fingerprint density at radius 2 is 1.72 bits per heavy atom. The van der Waals surface area contributed by atoms with Gasteiger partial charge in [0.15, 0.2) is 6.20 Å². The van der Waals surface area contributed by atoms with Crippen molar-refractivity contribution in [2.24, 2.45) is 7.05 Å². The van der Waals surface area contributed by atoms with Crippen LogP contribution in [0.1, 0.15) is 0 Å². The molecule has 0 unspecified atom stereocenters. The summed E-state index contributed by atoms with van der Waals surface area (Å²) < 4.78 is 2.10. The Morgan fingerprint density at radius 1 is 0.944 bits per heavy atom. The van der Waals surface area contributed by atoms with Crippen molar-refractivity contribution in [1.29, 1.82) is 0 Å². The summed E-state index contributed by atoms with van der Waals surface area (Å²) in [4.78, 5) is 0. The minimum atomic E-state index is 0.788. The average Bonchev–Trinajstić information content (AvgIpc) is 2.41. The van der Waals surface area contributed by atoms with Gasteiger partial charge < -0.3 is 5.73 Å². The molecular formula is C16H15N2+. The Bertz CT molecular complexity index is 712. The molecule has 3 rings (SSSR count). The summed E-state index contributed by atoms with van der Waals surface area (Å²) in [6.07, 6.45) is 1.99. The highest BCUT2D eigenvalue weighted by molar-refractivity contribution is 5.95. The molecule has 0 aliphatic rings. The van der Waals surface area contributed by atoms with Gasteiger partial charge in [-0.3, -0.25) is 0 Å². The lowest BCUT2D eigenvalue weighted by Crippen LogP contribution is -2.30. The third-order valence-electron chi connectivity index (χ3n) is 3.24. The molecule has 1 aromatic heterocycles. The molecule has 0 aliphatic carbocycles. The maximum atomic E-state index is 5.90. The summed E-state index contributed by atoms with van der Waals surface area (Å²) in [5.41, 5.74) is 9.03. The third-order valence-corrected chi connectivity index (χ3v) is 3.24. The van der Waals surface area contributed by atoms with Crippen LogP contribution in [0, 0.1) is 0 Å². The molecule has 0 amide bonds. The van der Waals surface area contributed by atoms with E-state index in [1.54, 1.807) is 0 Å². The van der Waals surface area contributed by atoms with Crippen molar-refractivity contribution >= 4 is 16.5 Å². The monoisotopic (exact) mass is 235 g/mol. The summed E-state index contributed by atoms with van der Waals surface area (Å²) in [5.74, 6) is 0. The van der Waals surface area contributed by atoms with Gasteiger partial charge in [0.25, 0.3) is 0 Å². The zero-order valence-corrected chi connectivity index (χ0v) is 10.3. The van der Waals surface area contributed by atoms with E-state index < -0.39 is 0 Å². The molecule has 0 radical (unpaired) electrons. The van der Waals surface area contributed by atoms with Crippen LogP contribution in [-0.4, -0.2) is 0 Å². The summed E-state index contributed by atoms with van der Waals surface area (Å²) in [7, 11) is 2.04. The van der Waals surface area contributed by atoms with Gasteiger partial charge in [0.1, 0.15) is 7.05 Å². The number of pyridine rings is 1. The second kappa shape index (κ2) is 4.15. The summed E-state index contributed by atoms with van der Waals surface area (Å²) in [6.45, 7) is 0. The lowest BCUT2D eigenvalue weighted by atomic mass is 10.0. The van der Waals surface area contributed by atoms with Crippen LogP contribution in [0.4, 0.5) is 5.69 Å². The van der Waals surface area contributed by atoms with Gasteiger partial charge in [-0.1, -0.05) is 36.4 Å². The second-order valence-corrected chi connectivity index (χ2v) is 4.48. The number of hydrogen-bond acceptors (Lipinski definition) is 1. The minimum absolute atomic E-state index is 0.788. The van der Waals surface area contributed by atoms with Crippen LogP contribution in [0.3, 0.4) is 0 Å². The van der Waals surface area contributed by atoms with Crippen molar-refractivity contribution < 1.29 is 4.57 Å². The predicted molar refractivity (Wildman–Crippen MR) is 75.0 cm³/mol. The smallest absolute Gasteiger partial charge is 0.214 e. The van der Waals surface area contributed by atoms with E-state index in [2.05, 4.69) is 47.0 Å². The molecule has 0 atom stereocenters. The molecule has 2 nitrogen and oxygen atoms in total. The molecule has 2 heteroatoms. The van der Waals surface area contributed by atoms with Crippen molar-refractivity contribution in [2.75, 3.05) is 5.73 Å². The standard InChI is InChI=1S/C16H14N2/c1-18-10-9-13(17)11-16(18)15-8-4-6-12-5-2-3-7-14(12)15/h2-11,17H,1H3/p+1. The molecule has 2 N–H and O–H groups in total. The first-order valence-corrected chi connectivity index (χ1v) is 5.99. The summed E-state index contributed by atoms with van der Waals surface area (Å²) >= 11 is 0. The van der Waals surface area contributed by atoms with Crippen molar-refractivity contribution in [2.45, 2.75) is 0 Å². The highest BCUT2D eigenvalue weighted by Crippen LogP contribution is 2.26. The number of benzene rings is 2. The van der Waals surface area contributed by atoms with Gasteiger partial charge in [0, 0.05) is 17.8 Å². The molecule has 2 aromatic carbocycles. The Kier molecular flexibility index (Phi) is 2.49. The lowest BCUT2D eigenvalue weighted by Gasteiger charge is -2.05. The zero-order chi connectivity index (χ0) is 12.5. The average molecular weight is 235 g/mol. The van der Waals surface area contributed by atoms with Crippen molar-refractivity contribution in [3.63, 3.8) is 0 Å². The predicted octanol–water partition coefficient (Wildman–Crippen LogP) is 2.91. The van der Waals surface area contributed by atoms with E-state index in [1.165, 1.54) is 16.3 Å². The fourth-order valence-corrected chi connectivity index (χ4v) is 2.30. The van der Waals surface area contributed by atoms with Gasteiger partial charge in [-0.15, -0.1) is 0 Å². The van der Waals surface area contributed by atoms with Crippen LogP contribution in [0.5, 0.6) is 0 Å². The lowest BCUT2D eigenvalue weighted by molar-refractivity contribution is -0.660. The number of nitrogen functional groups attached to an aromatic ring is 1. The van der Waals surface area contributed by atoms with Crippen LogP contribution in [0.15, 0.2) is 60.8 Å². The zero-order valence-electron chi connectivity index (χ0n) is 10.3. The first-order valence-electron chi connectivity index (χ1n) is 5.99. The SMILES string of the molecule is C[n+]1ccc(N)cc1-c1cccc2ccccc12. The molecule has 0 spiro atoms. The first kappa shape index (κ1) is 10.8. The summed E-state index contributed by atoms with van der Waals surface area (Å²) in [6, 6.07) is 18.7. The highest BCUT2D eigenvalue weighted by Gasteiger charge is 2.12. The van der Waals surface area contributed by atoms with Crippen LogP contribution in [0.25, 0.3) is 22.0 Å². The minimum Gasteiger partial charge on any atom is -0.398 e. The maximum absolute atomic E-state index is 5.90. The Balaban J connectivity index is 2.35. The number of fused-ring (bicyclic) bond motifs is 1. The third kappa shape index (κ3) is 1.72. The van der Waals surface area contributed by atoms with Crippen LogP contribution >= 0.6 is 0 Å². The molecular weight excluding hydrogens is 220 g/mol. The molecule has 0 saturated heterocycles. The van der Waals surface area contributed by atoms with Crippen molar-refractivity contribution in [1.82, 2.24) is 0 Å². The number of aryl methyl sites for hydroxylation is 1. The Labute approximate surface area is 106 Å². The largest absolute Gasteiger partial charge is 0.398 e. The van der Waals surface area contributed by atoms with E-state index in [0.717, 1.165) is 11.4 Å². The fraction of sp³-hybridized carbons (Fsp3) is 0.0625. The van der Waals surface area contributed by atoms with E-state index in [4.69, 9.17) is 5.73 Å². The van der Waals surface area contributed by atoms with Gasteiger partial charge in [-0.2, -0.15) is 0 Å². The van der Waals surface area contributed by atoms with Gasteiger partial charge >= 0.3 is 0 Å². The van der Waals surface area contributed by atoms with E-state index >= 15 is 0 Å².